The van der Waals surface area contributed by atoms with Gasteiger partial charge in [-0.1, -0.05) is 39.5 Å². The minimum atomic E-state index is -6.12. The first-order valence-corrected chi connectivity index (χ1v) is 33.9. The molecular formula is C68H79F33O24. The molecule has 6 aliphatic heterocycles. The molecule has 0 radical (unpaired) electrons. The van der Waals surface area contributed by atoms with Crippen LogP contribution in [0.2, 0.25) is 0 Å². The van der Waals surface area contributed by atoms with Gasteiger partial charge in [0.25, 0.3) is 17.4 Å². The van der Waals surface area contributed by atoms with Crippen molar-refractivity contribution in [3.63, 3.8) is 0 Å². The number of carbonyl (C=O) groups excluding carboxylic acids is 6. The van der Waals surface area contributed by atoms with Crippen LogP contribution >= 0.6 is 0 Å². The summed E-state index contributed by atoms with van der Waals surface area (Å²) >= 11 is 0. The maximum Gasteiger partial charge on any atom is 0.449 e. The van der Waals surface area contributed by atoms with Crippen LogP contribution in [-0.2, 0) is 85.6 Å². The summed E-state index contributed by atoms with van der Waals surface area (Å²) < 4.78 is 481. The molecule has 6 saturated heterocycles. The molecule has 0 aromatic heterocycles. The number of halogens is 33. The Kier molecular flexibility index (Phi) is 34.0. The number of ether oxygens (including phenoxy) is 12. The van der Waals surface area contributed by atoms with Gasteiger partial charge in [-0.2, -0.15) is 145 Å². The first-order chi connectivity index (χ1) is 54.5. The smallest absolute Gasteiger partial charge is 0.449 e. The fourth-order valence-electron chi connectivity index (χ4n) is 11.4. The Morgan fingerprint density at radius 3 is 1.00 bits per heavy atom. The van der Waals surface area contributed by atoms with Crippen molar-refractivity contribution in [2.24, 2.45) is 0 Å². The number of aliphatic hydroxyl groups is 6. The molecule has 0 aromatic carbocycles. The van der Waals surface area contributed by atoms with E-state index in [1.807, 2.05) is 0 Å². The zero-order chi connectivity index (χ0) is 100. The molecule has 57 heteroatoms. The molecule has 0 aromatic rings. The van der Waals surface area contributed by atoms with Crippen LogP contribution in [0, 0.1) is 0 Å². The van der Waals surface area contributed by atoms with Crippen molar-refractivity contribution < 1.29 is 261 Å². The van der Waals surface area contributed by atoms with E-state index in [4.69, 9.17) is 24.8 Å². The third kappa shape index (κ3) is 26.0. The van der Waals surface area contributed by atoms with Gasteiger partial charge in [-0.3, -0.25) is 4.74 Å². The number of carbonyl (C=O) groups is 6. The van der Waals surface area contributed by atoms with Gasteiger partial charge in [0.15, 0.2) is 6.10 Å². The number of hydrogen-bond donors (Lipinski definition) is 6. The highest BCUT2D eigenvalue weighted by Gasteiger charge is 2.85. The van der Waals surface area contributed by atoms with Crippen molar-refractivity contribution in [1.29, 1.82) is 0 Å². The Hall–Kier alpha value is -7.53. The van der Waals surface area contributed by atoms with E-state index in [0.29, 0.717) is 6.92 Å². The van der Waals surface area contributed by atoms with E-state index in [9.17, 15) is 189 Å². The Balaban J connectivity index is 0.000000751. The van der Waals surface area contributed by atoms with Gasteiger partial charge in [-0.25, -0.2) is 28.8 Å². The molecule has 6 fully saturated rings. The standard InChI is InChI=1S/C13H16F6O4.C13H19F3O4.C11H11F7O4.C11H13F5O4.C10H9F7O4.C10H11F5O4/c1-7(2)8(20)22-10(12(14,15)16)5-9(3,4)23-11(21,6-10)13(17,18)19;1-8(2)9(17)19-11(5)6-10(3,4)20-12(18,7-11)13(14,15)16;1-4(2)6(19)21-7-8(12,13)5(3)22-10(20,9(7,14)15)11(16,17)18;1-6(2)7(17)19-8(3)4-9(18,11(14,15)16)20-10(12,13)5-8;1-4(2)5(18)21-6-7(11,12)3-20-9(19,8(6,13)14)10(15,16)17;1-5(2)7(16)19-6-3-4-18-9(17,8(6,11)12)10(13,14)15/h21H,1,5-6H2,2-4H3;18H,1,6-7H2,2-5H3;5,7,20H,1H2,2-3H3;18H,1,4-5H2,2-3H3;6,19H,1,3H2,2H3;6,17H,1,3-4H2,2H3. The average molecular weight is 1910 g/mol. The van der Waals surface area contributed by atoms with E-state index in [1.165, 1.54) is 34.6 Å². The molecule has 6 aliphatic rings. The van der Waals surface area contributed by atoms with Crippen LogP contribution in [0.5, 0.6) is 0 Å². The van der Waals surface area contributed by atoms with Crippen LogP contribution in [0.15, 0.2) is 72.9 Å². The van der Waals surface area contributed by atoms with Gasteiger partial charge in [0.2, 0.25) is 17.8 Å². The number of hydrogen-bond acceptors (Lipinski definition) is 24. The third-order valence-corrected chi connectivity index (χ3v) is 17.0. The predicted octanol–water partition coefficient (Wildman–Crippen LogP) is 14.7. The lowest BCUT2D eigenvalue weighted by Gasteiger charge is -2.51. The zero-order valence-corrected chi connectivity index (χ0v) is 66.4. The zero-order valence-electron chi connectivity index (χ0n) is 66.4. The molecule has 0 saturated carbocycles. The first kappa shape index (κ1) is 115. The quantitative estimate of drug-likeness (QED) is 0.0457. The number of alkyl halides is 33. The fourth-order valence-corrected chi connectivity index (χ4v) is 11.4. The summed E-state index contributed by atoms with van der Waals surface area (Å²) in [5.41, 5.74) is -12.6. The maximum atomic E-state index is 13.8. The summed E-state index contributed by atoms with van der Waals surface area (Å²) in [5.74, 6) is -60.4. The Morgan fingerprint density at radius 1 is 0.352 bits per heavy atom. The van der Waals surface area contributed by atoms with Crippen LogP contribution in [-0.4, -0.2) is 246 Å². The molecule has 6 N–H and O–H groups in total. The summed E-state index contributed by atoms with van der Waals surface area (Å²) in [7, 11) is 0. The number of rotatable bonds is 12. The van der Waals surface area contributed by atoms with Gasteiger partial charge >= 0.3 is 132 Å². The highest BCUT2D eigenvalue weighted by molar-refractivity contribution is 5.89. The van der Waals surface area contributed by atoms with Crippen molar-refractivity contribution in [3.8, 4) is 0 Å². The molecule has 125 heavy (non-hydrogen) atoms. The van der Waals surface area contributed by atoms with Gasteiger partial charge in [0.05, 0.1) is 43.5 Å². The first-order valence-electron chi connectivity index (χ1n) is 33.9. The molecule has 0 spiro atoms. The van der Waals surface area contributed by atoms with Crippen molar-refractivity contribution in [1.82, 2.24) is 0 Å². The van der Waals surface area contributed by atoms with Crippen LogP contribution in [0.4, 0.5) is 145 Å². The van der Waals surface area contributed by atoms with Gasteiger partial charge < -0.3 is 82.7 Å². The molecule has 24 nitrogen and oxygen atoms in total. The SMILES string of the molecule is C=C(C)C(=O)OC1(C(F)(F)F)CC(C)(C)OC(O)(C(F)(F)F)C1.C=C(C)C(=O)OC1(C)CC(C)(C)OC(O)(C(F)(F)F)C1.C=C(C)C(=O)OC1(C)CC(F)(F)OC(O)(C(F)(F)F)C1.C=C(C)C(=O)OC1C(F)(F)C(C)OC(O)(C(F)(F)F)C1(F)F.C=C(C)C(=O)OC1C(F)(F)COC(O)(C(F)(F)F)C1(F)F.C=C(C)C(=O)OC1CCOC(O)(C(F)(F)F)C1(F)F. The molecule has 0 bridgehead atoms. The lowest BCUT2D eigenvalue weighted by molar-refractivity contribution is -0.493. The molecule has 6 rings (SSSR count). The molecule has 6 heterocycles. The van der Waals surface area contributed by atoms with Crippen LogP contribution < -0.4 is 0 Å². The minimum Gasteiger partial charge on any atom is -0.456 e. The summed E-state index contributed by atoms with van der Waals surface area (Å²) in [4.78, 5) is 67.7. The molecule has 0 amide bonds. The molecular weight excluding hydrogens is 1830 g/mol. The lowest BCUT2D eigenvalue weighted by Crippen LogP contribution is -2.76. The Bertz CT molecular complexity index is 3920. The minimum absolute atomic E-state index is 0.0252. The summed E-state index contributed by atoms with van der Waals surface area (Å²) in [6.45, 7) is 29.4. The maximum absolute atomic E-state index is 13.8. The van der Waals surface area contributed by atoms with Crippen molar-refractivity contribution in [2.75, 3.05) is 13.2 Å². The molecule has 13 atom stereocenters. The number of esters is 6. The second-order valence-electron chi connectivity index (χ2n) is 30.5. The highest BCUT2D eigenvalue weighted by Crippen LogP contribution is 2.59. The van der Waals surface area contributed by atoms with Crippen LogP contribution in [0.3, 0.4) is 0 Å². The topological polar surface area (TPSA) is 335 Å². The molecule has 0 aliphatic carbocycles. The Labute approximate surface area is 683 Å². The highest BCUT2D eigenvalue weighted by atomic mass is 19.4. The van der Waals surface area contributed by atoms with Crippen LogP contribution in [0.25, 0.3) is 0 Å². The summed E-state index contributed by atoms with van der Waals surface area (Å²) in [6.07, 6.45) is -63.9. The lowest BCUT2D eigenvalue weighted by atomic mass is 9.79. The summed E-state index contributed by atoms with van der Waals surface area (Å²) in [5, 5.41) is 55.8. The largest absolute Gasteiger partial charge is 0.456 e. The second kappa shape index (κ2) is 36.8. The monoisotopic (exact) mass is 1910 g/mol. The van der Waals surface area contributed by atoms with Gasteiger partial charge in [0.1, 0.15) is 23.9 Å². The van der Waals surface area contributed by atoms with Gasteiger partial charge in [0, 0.05) is 52.7 Å². The third-order valence-electron chi connectivity index (χ3n) is 17.0. The second-order valence-corrected chi connectivity index (χ2v) is 30.5. The van der Waals surface area contributed by atoms with Crippen molar-refractivity contribution >= 4 is 35.8 Å². The Morgan fingerprint density at radius 2 is 0.656 bits per heavy atom. The average Bonchev–Trinajstić information content (AvgIpc) is 0.711. The van der Waals surface area contributed by atoms with E-state index in [2.05, 4.69) is 86.8 Å². The van der Waals surface area contributed by atoms with E-state index in [-0.39, 0.29) is 23.1 Å². The molecule has 726 valence electrons. The van der Waals surface area contributed by atoms with Crippen molar-refractivity contribution in [3.05, 3.63) is 72.9 Å². The fraction of sp³-hybridized carbons (Fsp3) is 0.735. The predicted molar refractivity (Wildman–Crippen MR) is 344 cm³/mol. The van der Waals surface area contributed by atoms with Crippen LogP contribution in [0.1, 0.15) is 135 Å². The van der Waals surface area contributed by atoms with E-state index in [1.54, 1.807) is 0 Å². The summed E-state index contributed by atoms with van der Waals surface area (Å²) in [6, 6.07) is 0. The van der Waals surface area contributed by atoms with E-state index < -0.39 is 270 Å². The van der Waals surface area contributed by atoms with Gasteiger partial charge in [-0.15, -0.1) is 0 Å². The normalized spacial score (nSPS) is 32.5. The van der Waals surface area contributed by atoms with E-state index in [0.717, 1.165) is 48.5 Å². The van der Waals surface area contributed by atoms with Crippen molar-refractivity contribution in [2.45, 2.75) is 301 Å². The van der Waals surface area contributed by atoms with E-state index >= 15 is 0 Å². The van der Waals surface area contributed by atoms with Gasteiger partial charge in [-0.05, 0) is 90.0 Å². The molecule has 13 unspecified atom stereocenters.